The van der Waals surface area contributed by atoms with E-state index in [2.05, 4.69) is 19.2 Å². The van der Waals surface area contributed by atoms with Crippen LogP contribution >= 0.6 is 0 Å². The highest BCUT2D eigenvalue weighted by atomic mass is 16.3. The number of hydrogen-bond acceptors (Lipinski definition) is 2. The minimum atomic E-state index is -0.0926. The topological polar surface area (TPSA) is 32.3 Å². The van der Waals surface area contributed by atoms with Crippen molar-refractivity contribution >= 4 is 0 Å². The van der Waals surface area contributed by atoms with Crippen LogP contribution in [0.4, 0.5) is 0 Å². The highest BCUT2D eigenvalue weighted by Gasteiger charge is 2.47. The van der Waals surface area contributed by atoms with Crippen molar-refractivity contribution in [1.82, 2.24) is 5.32 Å². The lowest BCUT2D eigenvalue weighted by Crippen LogP contribution is -2.60. The molecule has 5 unspecified atom stereocenters. The van der Waals surface area contributed by atoms with Gasteiger partial charge < -0.3 is 10.4 Å². The summed E-state index contributed by atoms with van der Waals surface area (Å²) in [5, 5.41) is 13.4. The van der Waals surface area contributed by atoms with Gasteiger partial charge in [-0.1, -0.05) is 20.3 Å². The highest BCUT2D eigenvalue weighted by Crippen LogP contribution is 2.48. The monoisotopic (exact) mass is 223 g/mol. The number of fused-ring (bicyclic) bond motifs is 2. The lowest BCUT2D eigenvalue weighted by Gasteiger charge is -2.50. The Kier molecular flexibility index (Phi) is 2.56. The standard InChI is InChI=1S/C14H25NO/c1-14(2)12(7-13(14)16)15-8-11-6-9-3-4-10(11)5-9/h9-13,15-16H,3-8H2,1-2H3. The van der Waals surface area contributed by atoms with E-state index in [1.165, 1.54) is 32.2 Å². The summed E-state index contributed by atoms with van der Waals surface area (Å²) in [5.41, 5.74) is 0.0949. The second-order valence-corrected chi connectivity index (χ2v) is 6.97. The molecule has 3 aliphatic carbocycles. The Bertz CT molecular complexity index is 274. The Morgan fingerprint density at radius 3 is 2.50 bits per heavy atom. The summed E-state index contributed by atoms with van der Waals surface area (Å²) < 4.78 is 0. The molecule has 3 fully saturated rings. The highest BCUT2D eigenvalue weighted by molar-refractivity contribution is 5.02. The van der Waals surface area contributed by atoms with Crippen LogP contribution in [0.3, 0.4) is 0 Å². The van der Waals surface area contributed by atoms with Crippen LogP contribution < -0.4 is 5.32 Å². The van der Waals surface area contributed by atoms with Gasteiger partial charge in [0.05, 0.1) is 6.10 Å². The molecule has 0 radical (unpaired) electrons. The average molecular weight is 223 g/mol. The van der Waals surface area contributed by atoms with Crippen LogP contribution in [-0.4, -0.2) is 23.8 Å². The molecular formula is C14H25NO. The molecule has 0 amide bonds. The molecular weight excluding hydrogens is 198 g/mol. The second-order valence-electron chi connectivity index (χ2n) is 6.97. The quantitative estimate of drug-likeness (QED) is 0.768. The van der Waals surface area contributed by atoms with Crippen LogP contribution in [0.5, 0.6) is 0 Å². The SMILES string of the molecule is CC1(C)C(O)CC1NCC1CC2CCC1C2. The fourth-order valence-corrected chi connectivity index (χ4v) is 4.17. The van der Waals surface area contributed by atoms with Crippen molar-refractivity contribution in [3.8, 4) is 0 Å². The Labute approximate surface area is 98.8 Å². The van der Waals surface area contributed by atoms with Crippen molar-refractivity contribution in [2.45, 2.75) is 58.1 Å². The Hall–Kier alpha value is -0.0800. The Morgan fingerprint density at radius 1 is 1.19 bits per heavy atom. The molecule has 2 N–H and O–H groups in total. The fourth-order valence-electron chi connectivity index (χ4n) is 4.17. The van der Waals surface area contributed by atoms with E-state index in [0.29, 0.717) is 6.04 Å². The van der Waals surface area contributed by atoms with Crippen LogP contribution in [0, 0.1) is 23.2 Å². The molecule has 0 aromatic carbocycles. The van der Waals surface area contributed by atoms with Crippen LogP contribution in [-0.2, 0) is 0 Å². The van der Waals surface area contributed by atoms with Crippen LogP contribution in [0.2, 0.25) is 0 Å². The van der Waals surface area contributed by atoms with Crippen LogP contribution in [0.1, 0.15) is 46.0 Å². The first-order chi connectivity index (χ1) is 7.57. The maximum atomic E-state index is 9.70. The lowest BCUT2D eigenvalue weighted by atomic mass is 9.64. The molecule has 16 heavy (non-hydrogen) atoms. The summed E-state index contributed by atoms with van der Waals surface area (Å²) in [5.74, 6) is 3.01. The third-order valence-corrected chi connectivity index (χ3v) is 5.73. The second kappa shape index (κ2) is 3.71. The van der Waals surface area contributed by atoms with Gasteiger partial charge in [-0.25, -0.2) is 0 Å². The summed E-state index contributed by atoms with van der Waals surface area (Å²) in [6.07, 6.45) is 6.80. The Morgan fingerprint density at radius 2 is 2.00 bits per heavy atom. The molecule has 3 saturated carbocycles. The lowest BCUT2D eigenvalue weighted by molar-refractivity contribution is -0.0737. The average Bonchev–Trinajstić information content (AvgIpc) is 2.85. The molecule has 0 aromatic rings. The van der Waals surface area contributed by atoms with Gasteiger partial charge in [0.1, 0.15) is 0 Å². The van der Waals surface area contributed by atoms with Gasteiger partial charge in [0.2, 0.25) is 0 Å². The summed E-state index contributed by atoms with van der Waals surface area (Å²) in [7, 11) is 0. The van der Waals surface area contributed by atoms with E-state index < -0.39 is 0 Å². The number of nitrogens with one attached hydrogen (secondary N) is 1. The van der Waals surface area contributed by atoms with E-state index in [0.717, 1.165) is 24.2 Å². The summed E-state index contributed by atoms with van der Waals surface area (Å²) >= 11 is 0. The molecule has 0 aliphatic heterocycles. The van der Waals surface area contributed by atoms with Gasteiger partial charge in [0, 0.05) is 11.5 Å². The number of rotatable bonds is 3. The minimum absolute atomic E-state index is 0.0926. The molecule has 92 valence electrons. The van der Waals surface area contributed by atoms with E-state index in [9.17, 15) is 5.11 Å². The van der Waals surface area contributed by atoms with Gasteiger partial charge in [-0.2, -0.15) is 0 Å². The van der Waals surface area contributed by atoms with Gasteiger partial charge >= 0.3 is 0 Å². The van der Waals surface area contributed by atoms with Crippen molar-refractivity contribution in [1.29, 1.82) is 0 Å². The van der Waals surface area contributed by atoms with Crippen LogP contribution in [0.25, 0.3) is 0 Å². The zero-order valence-electron chi connectivity index (χ0n) is 10.6. The molecule has 3 rings (SSSR count). The normalized spacial score (nSPS) is 49.3. The van der Waals surface area contributed by atoms with Crippen molar-refractivity contribution in [2.75, 3.05) is 6.54 Å². The molecule has 2 nitrogen and oxygen atoms in total. The van der Waals surface area contributed by atoms with E-state index in [4.69, 9.17) is 0 Å². The summed E-state index contributed by atoms with van der Waals surface area (Å²) in [6, 6.07) is 0.543. The van der Waals surface area contributed by atoms with E-state index in [-0.39, 0.29) is 11.5 Å². The largest absolute Gasteiger partial charge is 0.392 e. The minimum Gasteiger partial charge on any atom is -0.392 e. The first kappa shape index (κ1) is 11.0. The first-order valence-corrected chi connectivity index (χ1v) is 6.99. The first-order valence-electron chi connectivity index (χ1n) is 6.99. The fraction of sp³-hybridized carbons (Fsp3) is 1.00. The number of aliphatic hydroxyl groups excluding tert-OH is 1. The van der Waals surface area contributed by atoms with Gasteiger partial charge in [-0.3, -0.25) is 0 Å². The predicted octanol–water partition coefficient (Wildman–Crippen LogP) is 2.17. The molecule has 0 heterocycles. The van der Waals surface area contributed by atoms with Crippen molar-refractivity contribution < 1.29 is 5.11 Å². The van der Waals surface area contributed by atoms with Gasteiger partial charge in [-0.15, -0.1) is 0 Å². The number of aliphatic hydroxyl groups is 1. The maximum absolute atomic E-state index is 9.70. The number of hydrogen-bond donors (Lipinski definition) is 2. The Balaban J connectivity index is 1.48. The van der Waals surface area contributed by atoms with Crippen molar-refractivity contribution in [3.05, 3.63) is 0 Å². The molecule has 2 bridgehead atoms. The van der Waals surface area contributed by atoms with Crippen LogP contribution in [0.15, 0.2) is 0 Å². The molecule has 0 aromatic heterocycles. The van der Waals surface area contributed by atoms with E-state index in [1.54, 1.807) is 0 Å². The summed E-state index contributed by atoms with van der Waals surface area (Å²) in [4.78, 5) is 0. The molecule has 2 heteroatoms. The third-order valence-electron chi connectivity index (χ3n) is 5.73. The molecule has 5 atom stereocenters. The van der Waals surface area contributed by atoms with E-state index in [1.807, 2.05) is 0 Å². The zero-order chi connectivity index (χ0) is 11.3. The zero-order valence-corrected chi connectivity index (χ0v) is 10.6. The maximum Gasteiger partial charge on any atom is 0.0621 e. The van der Waals surface area contributed by atoms with Crippen molar-refractivity contribution in [3.63, 3.8) is 0 Å². The van der Waals surface area contributed by atoms with Gasteiger partial charge in [0.25, 0.3) is 0 Å². The molecule has 3 aliphatic rings. The summed E-state index contributed by atoms with van der Waals surface area (Å²) in [6.45, 7) is 5.56. The van der Waals surface area contributed by atoms with Crippen molar-refractivity contribution in [2.24, 2.45) is 23.2 Å². The molecule has 0 spiro atoms. The third kappa shape index (κ3) is 1.62. The molecule has 0 saturated heterocycles. The predicted molar refractivity (Wildman–Crippen MR) is 65.1 cm³/mol. The van der Waals surface area contributed by atoms with Gasteiger partial charge in [0.15, 0.2) is 0 Å². The van der Waals surface area contributed by atoms with E-state index >= 15 is 0 Å². The smallest absolute Gasteiger partial charge is 0.0621 e. The van der Waals surface area contributed by atoms with Gasteiger partial charge in [-0.05, 0) is 50.0 Å².